The molecule has 0 heterocycles. The molecule has 2 aromatic rings. The first-order chi connectivity index (χ1) is 11.6. The van der Waals surface area contributed by atoms with Gasteiger partial charge in [0, 0.05) is 13.0 Å². The molecule has 0 fully saturated rings. The Morgan fingerprint density at radius 3 is 2.58 bits per heavy atom. The van der Waals surface area contributed by atoms with Gasteiger partial charge in [-0.25, -0.2) is 4.39 Å². The molecule has 128 valence electrons. The number of hydrogen-bond donors (Lipinski definition) is 1. The number of para-hydroxylation sites is 1. The van der Waals surface area contributed by atoms with Crippen molar-refractivity contribution in [2.75, 3.05) is 20.8 Å². The van der Waals surface area contributed by atoms with Crippen LogP contribution in [0, 0.1) is 5.82 Å². The molecule has 0 saturated carbocycles. The summed E-state index contributed by atoms with van der Waals surface area (Å²) in [5, 5.41) is 2.85. The van der Waals surface area contributed by atoms with E-state index < -0.39 is 0 Å². The first kappa shape index (κ1) is 17.8. The zero-order valence-corrected chi connectivity index (χ0v) is 14.0. The fraction of sp³-hybridized carbons (Fsp3) is 0.316. The molecule has 4 nitrogen and oxygen atoms in total. The van der Waals surface area contributed by atoms with Crippen molar-refractivity contribution in [3.63, 3.8) is 0 Å². The van der Waals surface area contributed by atoms with E-state index in [1.807, 2.05) is 24.3 Å². The molecule has 0 spiro atoms. The lowest BCUT2D eigenvalue weighted by molar-refractivity contribution is -0.121. The Hall–Kier alpha value is -2.56. The molecule has 0 aliphatic carbocycles. The zero-order chi connectivity index (χ0) is 17.4. The summed E-state index contributed by atoms with van der Waals surface area (Å²) in [7, 11) is 3.17. The number of ether oxygens (including phenoxy) is 2. The number of nitrogens with one attached hydrogen (secondary N) is 1. The largest absolute Gasteiger partial charge is 0.493 e. The van der Waals surface area contributed by atoms with Crippen LogP contribution in [-0.2, 0) is 17.6 Å². The third kappa shape index (κ3) is 4.98. The maximum atomic E-state index is 13.1. The van der Waals surface area contributed by atoms with Gasteiger partial charge in [-0.05, 0) is 42.2 Å². The molecule has 1 N–H and O–H groups in total. The van der Waals surface area contributed by atoms with Gasteiger partial charge in [-0.2, -0.15) is 0 Å². The predicted molar refractivity (Wildman–Crippen MR) is 91.0 cm³/mol. The van der Waals surface area contributed by atoms with E-state index in [0.717, 1.165) is 11.1 Å². The van der Waals surface area contributed by atoms with Crippen LogP contribution in [0.15, 0.2) is 42.5 Å². The Kier molecular flexibility index (Phi) is 6.61. The Balaban J connectivity index is 1.81. The number of methoxy groups -OCH3 is 2. The molecule has 1 amide bonds. The number of benzene rings is 2. The minimum absolute atomic E-state index is 0.0451. The van der Waals surface area contributed by atoms with E-state index in [9.17, 15) is 9.18 Å². The van der Waals surface area contributed by atoms with Gasteiger partial charge in [0.25, 0.3) is 0 Å². The molecule has 0 aromatic heterocycles. The first-order valence-electron chi connectivity index (χ1n) is 7.85. The summed E-state index contributed by atoms with van der Waals surface area (Å²) >= 11 is 0. The minimum Gasteiger partial charge on any atom is -0.493 e. The number of amides is 1. The van der Waals surface area contributed by atoms with E-state index in [1.54, 1.807) is 20.3 Å². The summed E-state index contributed by atoms with van der Waals surface area (Å²) in [6.07, 6.45) is 1.52. The standard InChI is InChI=1S/C19H22FNO3/c1-23-17-8-4-6-15(19(17)24-2)9-10-18(22)21-12-11-14-5-3-7-16(20)13-14/h3-8,13H,9-12H2,1-2H3,(H,21,22). The number of aryl methyl sites for hydroxylation is 1. The molecular formula is C19H22FNO3. The van der Waals surface area contributed by atoms with Gasteiger partial charge in [-0.15, -0.1) is 0 Å². The summed E-state index contributed by atoms with van der Waals surface area (Å²) in [5.41, 5.74) is 1.79. The van der Waals surface area contributed by atoms with Crippen molar-refractivity contribution in [2.45, 2.75) is 19.3 Å². The number of carbonyl (C=O) groups is 1. The highest BCUT2D eigenvalue weighted by molar-refractivity contribution is 5.76. The molecular weight excluding hydrogens is 309 g/mol. The van der Waals surface area contributed by atoms with Crippen molar-refractivity contribution in [3.8, 4) is 11.5 Å². The average Bonchev–Trinajstić information content (AvgIpc) is 2.59. The first-order valence-corrected chi connectivity index (χ1v) is 7.85. The van der Waals surface area contributed by atoms with E-state index >= 15 is 0 Å². The lowest BCUT2D eigenvalue weighted by Gasteiger charge is -2.12. The Morgan fingerprint density at radius 2 is 1.88 bits per heavy atom. The molecule has 0 atom stereocenters. The normalized spacial score (nSPS) is 10.3. The van der Waals surface area contributed by atoms with Crippen molar-refractivity contribution in [1.82, 2.24) is 5.32 Å². The zero-order valence-electron chi connectivity index (χ0n) is 14.0. The molecule has 0 bridgehead atoms. The molecule has 0 saturated heterocycles. The van der Waals surface area contributed by atoms with Gasteiger partial charge in [0.2, 0.25) is 5.91 Å². The van der Waals surface area contributed by atoms with Crippen molar-refractivity contribution in [2.24, 2.45) is 0 Å². The van der Waals surface area contributed by atoms with Crippen LogP contribution in [0.4, 0.5) is 4.39 Å². The molecule has 2 aromatic carbocycles. The van der Waals surface area contributed by atoms with E-state index in [0.29, 0.717) is 37.3 Å². The quantitative estimate of drug-likeness (QED) is 0.808. The smallest absolute Gasteiger partial charge is 0.220 e. The summed E-state index contributed by atoms with van der Waals surface area (Å²) in [4.78, 5) is 12.0. The van der Waals surface area contributed by atoms with Crippen LogP contribution in [0.2, 0.25) is 0 Å². The van der Waals surface area contributed by atoms with Crippen molar-refractivity contribution in [3.05, 3.63) is 59.4 Å². The van der Waals surface area contributed by atoms with Crippen LogP contribution in [0.1, 0.15) is 17.5 Å². The second-order valence-electron chi connectivity index (χ2n) is 5.38. The molecule has 0 unspecified atom stereocenters. The summed E-state index contributed by atoms with van der Waals surface area (Å²) in [5.74, 6) is 1.01. The molecule has 0 aliphatic rings. The molecule has 0 aliphatic heterocycles. The second kappa shape index (κ2) is 8.91. The highest BCUT2D eigenvalue weighted by Gasteiger charge is 2.11. The van der Waals surface area contributed by atoms with Crippen LogP contribution in [0.25, 0.3) is 0 Å². The third-order valence-corrected chi connectivity index (χ3v) is 3.73. The van der Waals surface area contributed by atoms with E-state index in [4.69, 9.17) is 9.47 Å². The van der Waals surface area contributed by atoms with Crippen LogP contribution in [-0.4, -0.2) is 26.7 Å². The third-order valence-electron chi connectivity index (χ3n) is 3.73. The van der Waals surface area contributed by atoms with Gasteiger partial charge < -0.3 is 14.8 Å². The molecule has 2 rings (SSSR count). The van der Waals surface area contributed by atoms with Crippen LogP contribution >= 0.6 is 0 Å². The SMILES string of the molecule is COc1cccc(CCC(=O)NCCc2cccc(F)c2)c1OC. The van der Waals surface area contributed by atoms with Crippen LogP contribution in [0.5, 0.6) is 11.5 Å². The number of halogens is 1. The maximum absolute atomic E-state index is 13.1. The monoisotopic (exact) mass is 331 g/mol. The van der Waals surface area contributed by atoms with Gasteiger partial charge in [-0.3, -0.25) is 4.79 Å². The Morgan fingerprint density at radius 1 is 1.08 bits per heavy atom. The van der Waals surface area contributed by atoms with E-state index in [1.165, 1.54) is 12.1 Å². The van der Waals surface area contributed by atoms with Gasteiger partial charge in [-0.1, -0.05) is 24.3 Å². The maximum Gasteiger partial charge on any atom is 0.220 e. The summed E-state index contributed by atoms with van der Waals surface area (Å²) < 4.78 is 23.7. The van der Waals surface area contributed by atoms with Gasteiger partial charge in [0.05, 0.1) is 14.2 Å². The number of rotatable bonds is 8. The molecule has 24 heavy (non-hydrogen) atoms. The number of carbonyl (C=O) groups excluding carboxylic acids is 1. The van der Waals surface area contributed by atoms with E-state index in [-0.39, 0.29) is 11.7 Å². The Bertz CT molecular complexity index is 688. The summed E-state index contributed by atoms with van der Waals surface area (Å²) in [6, 6.07) is 12.0. The number of hydrogen-bond acceptors (Lipinski definition) is 3. The van der Waals surface area contributed by atoms with Crippen molar-refractivity contribution in [1.29, 1.82) is 0 Å². The van der Waals surface area contributed by atoms with Crippen LogP contribution in [0.3, 0.4) is 0 Å². The van der Waals surface area contributed by atoms with Gasteiger partial charge in [0.15, 0.2) is 11.5 Å². The average molecular weight is 331 g/mol. The molecule has 5 heteroatoms. The van der Waals surface area contributed by atoms with Crippen molar-refractivity contribution < 1.29 is 18.7 Å². The highest BCUT2D eigenvalue weighted by atomic mass is 19.1. The van der Waals surface area contributed by atoms with Gasteiger partial charge >= 0.3 is 0 Å². The summed E-state index contributed by atoms with van der Waals surface area (Å²) in [6.45, 7) is 0.484. The second-order valence-corrected chi connectivity index (χ2v) is 5.38. The minimum atomic E-state index is -0.260. The Labute approximate surface area is 141 Å². The highest BCUT2D eigenvalue weighted by Crippen LogP contribution is 2.31. The predicted octanol–water partition coefficient (Wildman–Crippen LogP) is 3.13. The fourth-order valence-electron chi connectivity index (χ4n) is 2.53. The lowest BCUT2D eigenvalue weighted by atomic mass is 10.1. The van der Waals surface area contributed by atoms with Gasteiger partial charge in [0.1, 0.15) is 5.82 Å². The fourth-order valence-corrected chi connectivity index (χ4v) is 2.53. The van der Waals surface area contributed by atoms with E-state index in [2.05, 4.69) is 5.32 Å². The molecule has 0 radical (unpaired) electrons. The topological polar surface area (TPSA) is 47.6 Å². The lowest BCUT2D eigenvalue weighted by Crippen LogP contribution is -2.25. The van der Waals surface area contributed by atoms with Crippen LogP contribution < -0.4 is 14.8 Å². The van der Waals surface area contributed by atoms with Crippen molar-refractivity contribution >= 4 is 5.91 Å².